The summed E-state index contributed by atoms with van der Waals surface area (Å²) in [5.41, 5.74) is 3.43. The van der Waals surface area contributed by atoms with E-state index in [1.165, 1.54) is 0 Å². The molecule has 1 aliphatic heterocycles. The fourth-order valence-corrected chi connectivity index (χ4v) is 4.32. The molecule has 1 fully saturated rings. The van der Waals surface area contributed by atoms with Gasteiger partial charge in [-0.15, -0.1) is 0 Å². The van der Waals surface area contributed by atoms with Crippen molar-refractivity contribution in [3.63, 3.8) is 0 Å². The third-order valence-electron chi connectivity index (χ3n) is 5.40. The molecule has 6 nitrogen and oxygen atoms in total. The predicted octanol–water partition coefficient (Wildman–Crippen LogP) is 4.85. The van der Waals surface area contributed by atoms with Crippen LogP contribution in [0.25, 0.3) is 0 Å². The molecule has 1 saturated heterocycles. The maximum atomic E-state index is 12.1. The van der Waals surface area contributed by atoms with E-state index >= 15 is 0 Å². The maximum Gasteiger partial charge on any atom is 0.226 e. The number of pyridine rings is 1. The van der Waals surface area contributed by atoms with Crippen LogP contribution in [0, 0.1) is 5.92 Å². The highest BCUT2D eigenvalue weighted by molar-refractivity contribution is 7.80. The quantitative estimate of drug-likeness (QED) is 0.541. The summed E-state index contributed by atoms with van der Waals surface area (Å²) >= 11 is 12.3. The number of nitrogens with one attached hydrogen (secondary N) is 2. The monoisotopic (exact) mass is 453 g/mol. The number of halogens is 1. The predicted molar refractivity (Wildman–Crippen MR) is 128 cm³/mol. The highest BCUT2D eigenvalue weighted by Gasteiger charge is 2.41. The molecule has 8 heteroatoms. The Hall–Kier alpha value is -2.90. The van der Waals surface area contributed by atoms with E-state index in [-0.39, 0.29) is 23.9 Å². The summed E-state index contributed by atoms with van der Waals surface area (Å²) in [7, 11) is 2.02. The number of hydrogen-bond acceptors (Lipinski definition) is 3. The number of carbonyl (C=O) groups is 1. The van der Waals surface area contributed by atoms with Gasteiger partial charge in [-0.2, -0.15) is 0 Å². The van der Waals surface area contributed by atoms with Crippen LogP contribution in [0.1, 0.15) is 37.3 Å². The number of benzene rings is 1. The van der Waals surface area contributed by atoms with Crippen molar-refractivity contribution in [2.45, 2.75) is 25.9 Å². The third kappa shape index (κ3) is 4.16. The number of rotatable bonds is 5. The molecule has 31 heavy (non-hydrogen) atoms. The molecule has 160 valence electrons. The Balaban J connectivity index is 1.74. The van der Waals surface area contributed by atoms with E-state index in [9.17, 15) is 4.79 Å². The molecule has 0 saturated carbocycles. The van der Waals surface area contributed by atoms with E-state index in [0.29, 0.717) is 15.8 Å². The summed E-state index contributed by atoms with van der Waals surface area (Å²) in [6.07, 6.45) is 3.80. The van der Waals surface area contributed by atoms with Crippen LogP contribution in [0.2, 0.25) is 5.02 Å². The average molecular weight is 454 g/mol. The lowest BCUT2D eigenvalue weighted by Crippen LogP contribution is -2.30. The molecule has 2 N–H and O–H groups in total. The van der Waals surface area contributed by atoms with Gasteiger partial charge in [-0.25, -0.2) is 0 Å². The van der Waals surface area contributed by atoms with Crippen LogP contribution >= 0.6 is 23.8 Å². The first-order valence-corrected chi connectivity index (χ1v) is 10.9. The van der Waals surface area contributed by atoms with Crippen LogP contribution in [-0.2, 0) is 11.8 Å². The lowest BCUT2D eigenvalue weighted by atomic mass is 10.0. The molecule has 2 atom stereocenters. The molecule has 4 rings (SSSR count). The normalized spacial score (nSPS) is 18.4. The summed E-state index contributed by atoms with van der Waals surface area (Å²) in [6.45, 7) is 3.68. The van der Waals surface area contributed by atoms with Gasteiger partial charge in [0.25, 0.3) is 0 Å². The van der Waals surface area contributed by atoms with Crippen molar-refractivity contribution >= 4 is 46.2 Å². The minimum absolute atomic E-state index is 0.0788. The molecule has 3 heterocycles. The molecule has 0 spiro atoms. The molecule has 2 aromatic heterocycles. The number of thiocarbonyl (C=S) groups is 1. The minimum atomic E-state index is -0.132. The number of carbonyl (C=O) groups excluding carboxylic acids is 1. The Morgan fingerprint density at radius 2 is 2.03 bits per heavy atom. The molecule has 0 bridgehead atoms. The molecule has 0 aliphatic carbocycles. The Bertz CT molecular complexity index is 1110. The van der Waals surface area contributed by atoms with E-state index in [2.05, 4.69) is 31.2 Å². The van der Waals surface area contributed by atoms with E-state index in [1.807, 2.05) is 69.6 Å². The summed E-state index contributed by atoms with van der Waals surface area (Å²) < 4.78 is 2.09. The van der Waals surface area contributed by atoms with Gasteiger partial charge in [0, 0.05) is 36.7 Å². The van der Waals surface area contributed by atoms with Gasteiger partial charge in [-0.1, -0.05) is 31.5 Å². The molecular formula is C23H24ClN5OS. The van der Waals surface area contributed by atoms with Crippen LogP contribution < -0.4 is 15.5 Å². The summed E-state index contributed by atoms with van der Waals surface area (Å²) in [4.78, 5) is 18.7. The van der Waals surface area contributed by atoms with Crippen molar-refractivity contribution in [3.8, 4) is 0 Å². The summed E-state index contributed by atoms with van der Waals surface area (Å²) in [6, 6.07) is 15.3. The highest BCUT2D eigenvalue weighted by atomic mass is 35.5. The highest BCUT2D eigenvalue weighted by Crippen LogP contribution is 2.42. The van der Waals surface area contributed by atoms with Crippen molar-refractivity contribution < 1.29 is 4.79 Å². The number of aromatic nitrogens is 2. The average Bonchev–Trinajstić information content (AvgIpc) is 3.32. The molecule has 1 aliphatic rings. The molecule has 0 radical (unpaired) electrons. The Morgan fingerprint density at radius 1 is 1.23 bits per heavy atom. The summed E-state index contributed by atoms with van der Waals surface area (Å²) in [5, 5.41) is 7.36. The first kappa shape index (κ1) is 21.3. The SMILES string of the molecule is CC(C)C(=O)Nc1ccc(N2C(=S)N[C@@H](c3ccccn3)[C@@H]2c2cccn2C)cc1Cl. The van der Waals surface area contributed by atoms with Crippen molar-refractivity contribution in [1.29, 1.82) is 0 Å². The van der Waals surface area contributed by atoms with Gasteiger partial charge in [0.1, 0.15) is 6.04 Å². The van der Waals surface area contributed by atoms with Crippen molar-refractivity contribution in [2.24, 2.45) is 13.0 Å². The van der Waals surface area contributed by atoms with Gasteiger partial charge in [-0.05, 0) is 54.7 Å². The second-order valence-corrected chi connectivity index (χ2v) is 8.64. The third-order valence-corrected chi connectivity index (χ3v) is 6.03. The van der Waals surface area contributed by atoms with Crippen LogP contribution in [0.3, 0.4) is 0 Å². The van der Waals surface area contributed by atoms with Crippen LogP contribution in [0.4, 0.5) is 11.4 Å². The molecule has 0 unspecified atom stereocenters. The number of nitrogens with zero attached hydrogens (tertiary/aromatic N) is 3. The zero-order valence-electron chi connectivity index (χ0n) is 17.5. The van der Waals surface area contributed by atoms with Gasteiger partial charge in [-0.3, -0.25) is 9.78 Å². The molecule has 1 amide bonds. The largest absolute Gasteiger partial charge is 0.353 e. The zero-order chi connectivity index (χ0) is 22.1. The Morgan fingerprint density at radius 3 is 2.65 bits per heavy atom. The second kappa shape index (κ2) is 8.69. The van der Waals surface area contributed by atoms with Crippen molar-refractivity contribution in [1.82, 2.24) is 14.9 Å². The fraction of sp³-hybridized carbons (Fsp3) is 0.261. The Labute approximate surface area is 192 Å². The smallest absolute Gasteiger partial charge is 0.226 e. The van der Waals surface area contributed by atoms with E-state index < -0.39 is 0 Å². The van der Waals surface area contributed by atoms with Gasteiger partial charge in [0.05, 0.1) is 22.4 Å². The van der Waals surface area contributed by atoms with Crippen molar-refractivity contribution in [3.05, 3.63) is 77.3 Å². The first-order chi connectivity index (χ1) is 14.9. The molecular weight excluding hydrogens is 430 g/mol. The van der Waals surface area contributed by atoms with Crippen LogP contribution in [0.5, 0.6) is 0 Å². The number of aryl methyl sites for hydroxylation is 1. The maximum absolute atomic E-state index is 12.1. The lowest BCUT2D eigenvalue weighted by molar-refractivity contribution is -0.118. The van der Waals surface area contributed by atoms with Crippen molar-refractivity contribution in [2.75, 3.05) is 10.2 Å². The zero-order valence-corrected chi connectivity index (χ0v) is 19.1. The second-order valence-electron chi connectivity index (χ2n) is 7.85. The Kier molecular flexibility index (Phi) is 5.98. The number of anilines is 2. The minimum Gasteiger partial charge on any atom is -0.353 e. The first-order valence-electron chi connectivity index (χ1n) is 10.1. The van der Waals surface area contributed by atoms with E-state index in [0.717, 1.165) is 17.1 Å². The van der Waals surface area contributed by atoms with Crippen LogP contribution in [-0.4, -0.2) is 20.6 Å². The lowest BCUT2D eigenvalue weighted by Gasteiger charge is -2.28. The van der Waals surface area contributed by atoms with Gasteiger partial charge in [0.15, 0.2) is 5.11 Å². The van der Waals surface area contributed by atoms with E-state index in [1.54, 1.807) is 6.20 Å². The van der Waals surface area contributed by atoms with Gasteiger partial charge < -0.3 is 20.1 Å². The summed E-state index contributed by atoms with van der Waals surface area (Å²) in [5.74, 6) is -0.211. The van der Waals surface area contributed by atoms with Crippen LogP contribution in [0.15, 0.2) is 60.9 Å². The van der Waals surface area contributed by atoms with E-state index in [4.69, 9.17) is 23.8 Å². The van der Waals surface area contributed by atoms with Gasteiger partial charge >= 0.3 is 0 Å². The number of hydrogen-bond donors (Lipinski definition) is 2. The fourth-order valence-electron chi connectivity index (χ4n) is 3.75. The number of amides is 1. The molecule has 1 aromatic carbocycles. The standard InChI is InChI=1S/C23H24ClN5OS/c1-14(2)22(30)26-17-10-9-15(13-16(17)24)29-21(19-8-6-12-28(19)3)20(27-23(29)31)18-7-4-5-11-25-18/h4-14,20-21H,1-3H3,(H,26,30)(H,27,31)/t20-,21-/m0/s1. The van der Waals surface area contributed by atoms with Gasteiger partial charge in [0.2, 0.25) is 5.91 Å². The molecule has 3 aromatic rings. The topological polar surface area (TPSA) is 62.2 Å².